The molecule has 0 radical (unpaired) electrons. The zero-order chi connectivity index (χ0) is 11.8. The first-order valence-electron chi connectivity index (χ1n) is 5.11. The molecule has 3 aromatic heterocycles. The Morgan fingerprint density at radius 1 is 1.35 bits per heavy atom. The molecular weight excluding hydrogens is 329 g/mol. The van der Waals surface area contributed by atoms with E-state index in [1.807, 2.05) is 42.2 Å². The fourth-order valence-corrected chi connectivity index (χ4v) is 2.25. The standard InChI is InChI=1S/C11H10IN5/c1-16-7-8(5-14-16)15-9-3-2-4-17-10(12)6-13-11(9)17/h2-7,15H,1H3. The van der Waals surface area contributed by atoms with Crippen molar-refractivity contribution >= 4 is 39.6 Å². The van der Waals surface area contributed by atoms with Crippen molar-refractivity contribution in [3.8, 4) is 0 Å². The van der Waals surface area contributed by atoms with E-state index in [9.17, 15) is 0 Å². The van der Waals surface area contributed by atoms with Crippen molar-refractivity contribution in [1.29, 1.82) is 0 Å². The average Bonchev–Trinajstić information content (AvgIpc) is 2.88. The number of rotatable bonds is 2. The molecule has 0 spiro atoms. The summed E-state index contributed by atoms with van der Waals surface area (Å²) in [5.74, 6) is 0. The Bertz CT molecular complexity index is 669. The normalized spacial score (nSPS) is 10.9. The van der Waals surface area contributed by atoms with Crippen LogP contribution in [0.4, 0.5) is 11.4 Å². The maximum absolute atomic E-state index is 4.39. The molecule has 17 heavy (non-hydrogen) atoms. The molecule has 0 saturated carbocycles. The lowest BCUT2D eigenvalue weighted by molar-refractivity contribution is 0.768. The summed E-state index contributed by atoms with van der Waals surface area (Å²) in [6.07, 6.45) is 7.57. The van der Waals surface area contributed by atoms with Crippen molar-refractivity contribution in [2.75, 3.05) is 5.32 Å². The summed E-state index contributed by atoms with van der Waals surface area (Å²) in [6.45, 7) is 0. The first kappa shape index (κ1) is 10.6. The molecule has 3 rings (SSSR count). The van der Waals surface area contributed by atoms with Gasteiger partial charge in [-0.2, -0.15) is 5.10 Å². The third kappa shape index (κ3) is 1.88. The molecule has 0 fully saturated rings. The largest absolute Gasteiger partial charge is 0.350 e. The molecular formula is C11H10IN5. The lowest BCUT2D eigenvalue weighted by Crippen LogP contribution is -1.94. The fraction of sp³-hybridized carbons (Fsp3) is 0.0909. The molecule has 0 saturated heterocycles. The van der Waals surface area contributed by atoms with Crippen LogP contribution in [0.5, 0.6) is 0 Å². The van der Waals surface area contributed by atoms with Crippen LogP contribution in [0.2, 0.25) is 0 Å². The maximum Gasteiger partial charge on any atom is 0.161 e. The van der Waals surface area contributed by atoms with Crippen LogP contribution in [0.15, 0.2) is 36.9 Å². The second-order valence-electron chi connectivity index (χ2n) is 3.72. The molecule has 0 aromatic carbocycles. The zero-order valence-electron chi connectivity index (χ0n) is 9.13. The molecule has 3 heterocycles. The van der Waals surface area contributed by atoms with Gasteiger partial charge < -0.3 is 5.32 Å². The molecule has 0 unspecified atom stereocenters. The molecule has 5 nitrogen and oxygen atoms in total. The maximum atomic E-state index is 4.39. The van der Waals surface area contributed by atoms with E-state index in [0.717, 1.165) is 20.7 Å². The van der Waals surface area contributed by atoms with Crippen molar-refractivity contribution in [2.24, 2.45) is 7.05 Å². The Labute approximate surface area is 112 Å². The van der Waals surface area contributed by atoms with Crippen molar-refractivity contribution in [3.05, 3.63) is 40.6 Å². The van der Waals surface area contributed by atoms with Gasteiger partial charge in [0, 0.05) is 19.4 Å². The number of hydrogen-bond donors (Lipinski definition) is 1. The van der Waals surface area contributed by atoms with Gasteiger partial charge in [-0.05, 0) is 34.7 Å². The number of hydrogen-bond acceptors (Lipinski definition) is 3. The SMILES string of the molecule is Cn1cc(Nc2cccn3c(I)cnc23)cn1. The molecule has 3 aromatic rings. The highest BCUT2D eigenvalue weighted by Crippen LogP contribution is 2.21. The van der Waals surface area contributed by atoms with E-state index in [4.69, 9.17) is 0 Å². The van der Waals surface area contributed by atoms with Crippen molar-refractivity contribution < 1.29 is 0 Å². The monoisotopic (exact) mass is 339 g/mol. The van der Waals surface area contributed by atoms with Crippen molar-refractivity contribution in [1.82, 2.24) is 19.2 Å². The van der Waals surface area contributed by atoms with Crippen LogP contribution in [-0.4, -0.2) is 19.2 Å². The summed E-state index contributed by atoms with van der Waals surface area (Å²) in [4.78, 5) is 4.39. The number of anilines is 2. The zero-order valence-corrected chi connectivity index (χ0v) is 11.3. The summed E-state index contributed by atoms with van der Waals surface area (Å²) < 4.78 is 4.89. The van der Waals surface area contributed by atoms with E-state index in [1.54, 1.807) is 10.9 Å². The van der Waals surface area contributed by atoms with Gasteiger partial charge in [-0.15, -0.1) is 0 Å². The van der Waals surface area contributed by atoms with E-state index in [2.05, 4.69) is 38.0 Å². The van der Waals surface area contributed by atoms with Crippen molar-refractivity contribution in [3.63, 3.8) is 0 Å². The smallest absolute Gasteiger partial charge is 0.161 e. The second-order valence-corrected chi connectivity index (χ2v) is 4.83. The number of nitrogens with one attached hydrogen (secondary N) is 1. The molecule has 0 bridgehead atoms. The summed E-state index contributed by atoms with van der Waals surface area (Å²) in [6, 6.07) is 4.00. The molecule has 0 aliphatic heterocycles. The second kappa shape index (κ2) is 4.02. The van der Waals surface area contributed by atoms with E-state index in [1.165, 1.54) is 0 Å². The van der Waals surface area contributed by atoms with E-state index < -0.39 is 0 Å². The number of imidazole rings is 1. The number of fused-ring (bicyclic) bond motifs is 1. The molecule has 0 atom stereocenters. The Morgan fingerprint density at radius 2 is 2.24 bits per heavy atom. The van der Waals surface area contributed by atoms with Gasteiger partial charge in [0.15, 0.2) is 5.65 Å². The molecule has 0 aliphatic rings. The van der Waals surface area contributed by atoms with Gasteiger partial charge in [-0.3, -0.25) is 9.08 Å². The van der Waals surface area contributed by atoms with Gasteiger partial charge in [-0.1, -0.05) is 0 Å². The lowest BCUT2D eigenvalue weighted by atomic mass is 10.4. The number of pyridine rings is 1. The third-order valence-corrected chi connectivity index (χ3v) is 3.27. The predicted molar refractivity (Wildman–Crippen MR) is 74.4 cm³/mol. The summed E-state index contributed by atoms with van der Waals surface area (Å²) in [7, 11) is 1.89. The Hall–Kier alpha value is -1.57. The minimum absolute atomic E-state index is 0.917. The van der Waals surface area contributed by atoms with Gasteiger partial charge in [0.05, 0.1) is 23.8 Å². The van der Waals surface area contributed by atoms with Gasteiger partial charge in [0.25, 0.3) is 0 Å². The average molecular weight is 339 g/mol. The number of halogens is 1. The molecule has 0 amide bonds. The first-order valence-corrected chi connectivity index (χ1v) is 6.19. The quantitative estimate of drug-likeness (QED) is 0.730. The van der Waals surface area contributed by atoms with Crippen molar-refractivity contribution in [2.45, 2.75) is 0 Å². The van der Waals surface area contributed by atoms with Gasteiger partial charge in [0.2, 0.25) is 0 Å². The predicted octanol–water partition coefficient (Wildman–Crippen LogP) is 2.42. The highest BCUT2D eigenvalue weighted by atomic mass is 127. The van der Waals surface area contributed by atoms with Crippen LogP contribution in [0.1, 0.15) is 0 Å². The Balaban J connectivity index is 2.05. The summed E-state index contributed by atoms with van der Waals surface area (Å²) in [5.41, 5.74) is 2.85. The van der Waals surface area contributed by atoms with Crippen LogP contribution in [0, 0.1) is 3.70 Å². The summed E-state index contributed by atoms with van der Waals surface area (Å²) >= 11 is 2.26. The summed E-state index contributed by atoms with van der Waals surface area (Å²) in [5, 5.41) is 7.43. The van der Waals surface area contributed by atoms with Crippen LogP contribution in [-0.2, 0) is 7.05 Å². The minimum Gasteiger partial charge on any atom is -0.350 e. The van der Waals surface area contributed by atoms with Crippen LogP contribution in [0.3, 0.4) is 0 Å². The van der Waals surface area contributed by atoms with Gasteiger partial charge in [0.1, 0.15) is 3.70 Å². The van der Waals surface area contributed by atoms with E-state index in [0.29, 0.717) is 0 Å². The van der Waals surface area contributed by atoms with Crippen LogP contribution >= 0.6 is 22.6 Å². The van der Waals surface area contributed by atoms with Crippen LogP contribution in [0.25, 0.3) is 5.65 Å². The number of aryl methyl sites for hydroxylation is 1. The van der Waals surface area contributed by atoms with Gasteiger partial charge >= 0.3 is 0 Å². The van der Waals surface area contributed by atoms with E-state index in [-0.39, 0.29) is 0 Å². The highest BCUT2D eigenvalue weighted by molar-refractivity contribution is 14.1. The lowest BCUT2D eigenvalue weighted by Gasteiger charge is -2.05. The minimum atomic E-state index is 0.917. The molecule has 6 heteroatoms. The third-order valence-electron chi connectivity index (χ3n) is 2.47. The number of aromatic nitrogens is 4. The number of nitrogens with zero attached hydrogens (tertiary/aromatic N) is 4. The topological polar surface area (TPSA) is 47.2 Å². The fourth-order valence-electron chi connectivity index (χ4n) is 1.72. The molecule has 86 valence electrons. The highest BCUT2D eigenvalue weighted by Gasteiger charge is 2.06. The first-order chi connectivity index (χ1) is 8.24. The molecule has 0 aliphatic carbocycles. The van der Waals surface area contributed by atoms with Crippen LogP contribution < -0.4 is 5.32 Å². The van der Waals surface area contributed by atoms with Gasteiger partial charge in [-0.25, -0.2) is 4.98 Å². The van der Waals surface area contributed by atoms with E-state index >= 15 is 0 Å². The Kier molecular flexibility index (Phi) is 2.50. The molecule has 1 N–H and O–H groups in total. The Morgan fingerprint density at radius 3 is 3.00 bits per heavy atom.